The van der Waals surface area contributed by atoms with Crippen LogP contribution in [0.4, 0.5) is 0 Å². The molecular formula is C9H19N3O4S. The Morgan fingerprint density at radius 1 is 1.47 bits per heavy atom. The van der Waals surface area contributed by atoms with Gasteiger partial charge in [-0.25, -0.2) is 0 Å². The molecule has 1 N–H and O–H groups in total. The molecule has 0 bridgehead atoms. The first-order valence-corrected chi connectivity index (χ1v) is 6.67. The lowest BCUT2D eigenvalue weighted by molar-refractivity contribution is -0.151. The standard InChI is InChI=1S/C9H19N3O4S/c1-9(8(13)10-2)7-12(5-6-16-9)17(14,15)11(3)4/h5-7H2,1-4H3,(H,10,13)/t9-/m0/s1. The fourth-order valence-corrected chi connectivity index (χ4v) is 2.84. The predicted octanol–water partition coefficient (Wildman–Crippen LogP) is -1.37. The zero-order valence-electron chi connectivity index (χ0n) is 10.6. The molecule has 1 aliphatic rings. The third-order valence-corrected chi connectivity index (χ3v) is 4.62. The predicted molar refractivity (Wildman–Crippen MR) is 62.6 cm³/mol. The minimum absolute atomic E-state index is 0.0210. The molecule has 1 saturated heterocycles. The van der Waals surface area contributed by atoms with Crippen molar-refractivity contribution in [3.8, 4) is 0 Å². The minimum Gasteiger partial charge on any atom is -0.363 e. The minimum atomic E-state index is -3.51. The lowest BCUT2D eigenvalue weighted by atomic mass is 10.0. The van der Waals surface area contributed by atoms with E-state index < -0.39 is 15.8 Å². The summed E-state index contributed by atoms with van der Waals surface area (Å²) in [4.78, 5) is 11.7. The number of hydrogen-bond donors (Lipinski definition) is 1. The molecule has 0 aromatic heterocycles. The van der Waals surface area contributed by atoms with E-state index in [1.807, 2.05) is 0 Å². The van der Waals surface area contributed by atoms with E-state index in [-0.39, 0.29) is 25.6 Å². The summed E-state index contributed by atoms with van der Waals surface area (Å²) >= 11 is 0. The second kappa shape index (κ2) is 4.89. The molecule has 0 aromatic rings. The van der Waals surface area contributed by atoms with Crippen LogP contribution < -0.4 is 5.32 Å². The first-order chi connectivity index (χ1) is 7.74. The Kier molecular flexibility index (Phi) is 4.13. The Bertz CT molecular complexity index is 395. The molecule has 1 rings (SSSR count). The first kappa shape index (κ1) is 14.4. The van der Waals surface area contributed by atoms with Crippen molar-refractivity contribution in [2.45, 2.75) is 12.5 Å². The second-order valence-corrected chi connectivity index (χ2v) is 6.42. The summed E-state index contributed by atoms with van der Waals surface area (Å²) in [5.74, 6) is -0.323. The van der Waals surface area contributed by atoms with E-state index in [9.17, 15) is 13.2 Å². The summed E-state index contributed by atoms with van der Waals surface area (Å²) in [6, 6.07) is 0. The van der Waals surface area contributed by atoms with Gasteiger partial charge in [-0.2, -0.15) is 17.0 Å². The Morgan fingerprint density at radius 3 is 2.53 bits per heavy atom. The molecule has 1 aliphatic heterocycles. The summed E-state index contributed by atoms with van der Waals surface area (Å²) in [5, 5.41) is 2.48. The highest BCUT2D eigenvalue weighted by Crippen LogP contribution is 2.20. The van der Waals surface area contributed by atoms with E-state index in [4.69, 9.17) is 4.74 Å². The van der Waals surface area contributed by atoms with Crippen molar-refractivity contribution in [2.24, 2.45) is 0 Å². The number of ether oxygens (including phenoxy) is 1. The van der Waals surface area contributed by atoms with Crippen molar-refractivity contribution in [3.05, 3.63) is 0 Å². The number of likely N-dealkylation sites (N-methyl/N-ethyl adjacent to an activating group) is 1. The average molecular weight is 265 g/mol. The molecule has 0 aromatic carbocycles. The zero-order valence-corrected chi connectivity index (χ0v) is 11.4. The summed E-state index contributed by atoms with van der Waals surface area (Å²) in [6.45, 7) is 2.07. The third-order valence-electron chi connectivity index (χ3n) is 2.73. The summed E-state index contributed by atoms with van der Waals surface area (Å²) in [5.41, 5.74) is -1.13. The number of rotatable bonds is 3. The van der Waals surface area contributed by atoms with Crippen molar-refractivity contribution in [1.29, 1.82) is 0 Å². The average Bonchev–Trinajstić information content (AvgIpc) is 2.27. The van der Waals surface area contributed by atoms with Gasteiger partial charge in [0, 0.05) is 27.7 Å². The number of carbonyl (C=O) groups excluding carboxylic acids is 1. The van der Waals surface area contributed by atoms with Gasteiger partial charge in [0.05, 0.1) is 13.2 Å². The van der Waals surface area contributed by atoms with Crippen LogP contribution in [0.3, 0.4) is 0 Å². The van der Waals surface area contributed by atoms with Gasteiger partial charge in [-0.15, -0.1) is 0 Å². The third kappa shape index (κ3) is 2.76. The van der Waals surface area contributed by atoms with Gasteiger partial charge in [-0.1, -0.05) is 0 Å². The molecule has 17 heavy (non-hydrogen) atoms. The van der Waals surface area contributed by atoms with E-state index in [2.05, 4.69) is 5.32 Å². The van der Waals surface area contributed by atoms with Gasteiger partial charge in [0.2, 0.25) is 0 Å². The molecule has 100 valence electrons. The maximum atomic E-state index is 11.9. The monoisotopic (exact) mass is 265 g/mol. The molecule has 0 radical (unpaired) electrons. The van der Waals surface area contributed by atoms with Gasteiger partial charge < -0.3 is 10.1 Å². The molecule has 7 nitrogen and oxygen atoms in total. The van der Waals surface area contributed by atoms with Crippen molar-refractivity contribution in [3.63, 3.8) is 0 Å². The highest BCUT2D eigenvalue weighted by Gasteiger charge is 2.42. The van der Waals surface area contributed by atoms with E-state index in [1.54, 1.807) is 6.92 Å². The van der Waals surface area contributed by atoms with Gasteiger partial charge >= 0.3 is 0 Å². The lowest BCUT2D eigenvalue weighted by Gasteiger charge is -2.39. The molecule has 1 heterocycles. The van der Waals surface area contributed by atoms with Crippen molar-refractivity contribution in [1.82, 2.24) is 13.9 Å². The Balaban J connectivity index is 2.91. The summed E-state index contributed by atoms with van der Waals surface area (Å²) in [6.07, 6.45) is 0. The Labute approximate surface area is 102 Å². The fourth-order valence-electron chi connectivity index (χ4n) is 1.66. The molecule has 0 saturated carbocycles. The largest absolute Gasteiger partial charge is 0.363 e. The smallest absolute Gasteiger partial charge is 0.281 e. The number of hydrogen-bond acceptors (Lipinski definition) is 4. The van der Waals surface area contributed by atoms with Crippen LogP contribution in [0.15, 0.2) is 0 Å². The Morgan fingerprint density at radius 2 is 2.06 bits per heavy atom. The summed E-state index contributed by atoms with van der Waals surface area (Å²) in [7, 11) is 0.911. The maximum absolute atomic E-state index is 11.9. The van der Waals surface area contributed by atoms with Crippen LogP contribution in [-0.4, -0.2) is 69.4 Å². The van der Waals surface area contributed by atoms with Gasteiger partial charge in [-0.05, 0) is 6.92 Å². The van der Waals surface area contributed by atoms with Crippen LogP contribution in [0, 0.1) is 0 Å². The van der Waals surface area contributed by atoms with E-state index >= 15 is 0 Å². The van der Waals surface area contributed by atoms with Crippen LogP contribution in [-0.2, 0) is 19.7 Å². The highest BCUT2D eigenvalue weighted by atomic mass is 32.2. The van der Waals surface area contributed by atoms with Crippen LogP contribution in [0.2, 0.25) is 0 Å². The zero-order chi connectivity index (χ0) is 13.3. The van der Waals surface area contributed by atoms with Crippen LogP contribution in [0.5, 0.6) is 0 Å². The molecule has 8 heteroatoms. The molecule has 1 amide bonds. The van der Waals surface area contributed by atoms with Crippen molar-refractivity contribution in [2.75, 3.05) is 40.8 Å². The maximum Gasteiger partial charge on any atom is 0.281 e. The van der Waals surface area contributed by atoms with Crippen molar-refractivity contribution < 1.29 is 17.9 Å². The molecule has 1 fully saturated rings. The normalized spacial score (nSPS) is 27.1. The van der Waals surface area contributed by atoms with E-state index in [1.165, 1.54) is 25.4 Å². The van der Waals surface area contributed by atoms with Gasteiger partial charge in [0.25, 0.3) is 16.1 Å². The van der Waals surface area contributed by atoms with Crippen molar-refractivity contribution >= 4 is 16.1 Å². The number of nitrogens with one attached hydrogen (secondary N) is 1. The second-order valence-electron chi connectivity index (χ2n) is 4.28. The topological polar surface area (TPSA) is 79.0 Å². The van der Waals surface area contributed by atoms with Gasteiger partial charge in [0.15, 0.2) is 5.60 Å². The highest BCUT2D eigenvalue weighted by molar-refractivity contribution is 7.86. The number of amides is 1. The fraction of sp³-hybridized carbons (Fsp3) is 0.889. The molecule has 0 spiro atoms. The lowest BCUT2D eigenvalue weighted by Crippen LogP contribution is -2.60. The summed E-state index contributed by atoms with van der Waals surface area (Å²) < 4.78 is 31.7. The molecule has 0 aliphatic carbocycles. The van der Waals surface area contributed by atoms with E-state index in [0.29, 0.717) is 0 Å². The number of morpholine rings is 1. The molecule has 0 unspecified atom stereocenters. The van der Waals surface area contributed by atoms with Gasteiger partial charge in [-0.3, -0.25) is 4.79 Å². The van der Waals surface area contributed by atoms with E-state index in [0.717, 1.165) is 4.31 Å². The Hall–Kier alpha value is -0.700. The number of carbonyl (C=O) groups is 1. The van der Waals surface area contributed by atoms with Gasteiger partial charge in [0.1, 0.15) is 0 Å². The molecular weight excluding hydrogens is 246 g/mol. The SMILES string of the molecule is CNC(=O)[C@]1(C)CN(S(=O)(=O)N(C)C)CCO1. The van der Waals surface area contributed by atoms with Crippen LogP contribution in [0.25, 0.3) is 0 Å². The first-order valence-electron chi connectivity index (χ1n) is 5.28. The molecule has 1 atom stereocenters. The quantitative estimate of drug-likeness (QED) is 0.683. The number of nitrogens with zero attached hydrogens (tertiary/aromatic N) is 2. The van der Waals surface area contributed by atoms with Crippen LogP contribution in [0.1, 0.15) is 6.92 Å². The van der Waals surface area contributed by atoms with Crippen LogP contribution >= 0.6 is 0 Å².